The molecule has 2 N–H and O–H groups in total. The van der Waals surface area contributed by atoms with Gasteiger partial charge in [-0.2, -0.15) is 4.98 Å². The number of nitrogens with zero attached hydrogens (tertiary/aromatic N) is 3. The Hall–Kier alpha value is -1.70. The quantitative estimate of drug-likeness (QED) is 0.861. The van der Waals surface area contributed by atoms with Crippen LogP contribution in [0.3, 0.4) is 0 Å². The van der Waals surface area contributed by atoms with Gasteiger partial charge >= 0.3 is 0 Å². The Morgan fingerprint density at radius 1 is 1.15 bits per heavy atom. The van der Waals surface area contributed by atoms with Crippen LogP contribution in [0.25, 0.3) is 11.1 Å². The maximum absolute atomic E-state index is 6.15. The molecule has 0 aliphatic carbocycles. The molecule has 0 saturated carbocycles. The molecule has 2 aromatic heterocycles. The number of furan rings is 1. The zero-order valence-electron chi connectivity index (χ0n) is 16.4. The average Bonchev–Trinajstić information content (AvgIpc) is 2.96. The van der Waals surface area contributed by atoms with Gasteiger partial charge in [0, 0.05) is 25.3 Å². The van der Waals surface area contributed by atoms with Crippen LogP contribution in [0, 0.1) is 13.8 Å². The van der Waals surface area contributed by atoms with Crippen molar-refractivity contribution in [2.45, 2.75) is 64.7 Å². The van der Waals surface area contributed by atoms with Crippen LogP contribution in [-0.4, -0.2) is 53.4 Å². The van der Waals surface area contributed by atoms with Crippen molar-refractivity contribution >= 4 is 16.9 Å². The van der Waals surface area contributed by atoms with Crippen molar-refractivity contribution < 1.29 is 13.9 Å². The highest BCUT2D eigenvalue weighted by Gasteiger charge is 2.23. The number of nitrogens with two attached hydrogens (primary N) is 1. The summed E-state index contributed by atoms with van der Waals surface area (Å²) in [5.41, 5.74) is 7.77. The molecule has 0 spiro atoms. The Morgan fingerprint density at radius 3 is 2.70 bits per heavy atom. The molecule has 1 atom stereocenters. The summed E-state index contributed by atoms with van der Waals surface area (Å²) in [5.74, 6) is 2.09. The zero-order valence-corrected chi connectivity index (χ0v) is 16.4. The molecule has 7 nitrogen and oxygen atoms in total. The summed E-state index contributed by atoms with van der Waals surface area (Å²) in [6.45, 7) is 8.19. The number of nitrogen functional groups attached to an aromatic ring is 1. The Kier molecular flexibility index (Phi) is 5.61. The van der Waals surface area contributed by atoms with Gasteiger partial charge in [0.2, 0.25) is 5.71 Å². The first-order valence-electron chi connectivity index (χ1n) is 10.1. The second-order valence-electron chi connectivity index (χ2n) is 7.79. The van der Waals surface area contributed by atoms with Crippen LogP contribution >= 0.6 is 0 Å². The van der Waals surface area contributed by atoms with Gasteiger partial charge in [-0.1, -0.05) is 0 Å². The molecule has 4 rings (SSSR count). The smallest absolute Gasteiger partial charge is 0.231 e. The van der Waals surface area contributed by atoms with E-state index in [9.17, 15) is 0 Å². The molecule has 2 aliphatic rings. The Balaban J connectivity index is 1.29. The van der Waals surface area contributed by atoms with Gasteiger partial charge in [0.25, 0.3) is 0 Å². The number of piperidine rings is 1. The number of aryl methyl sites for hydroxylation is 2. The summed E-state index contributed by atoms with van der Waals surface area (Å²) in [7, 11) is 0. The van der Waals surface area contributed by atoms with Crippen molar-refractivity contribution in [2.24, 2.45) is 0 Å². The molecule has 0 amide bonds. The van der Waals surface area contributed by atoms with E-state index in [0.717, 1.165) is 68.1 Å². The maximum Gasteiger partial charge on any atom is 0.231 e. The fourth-order valence-corrected chi connectivity index (χ4v) is 4.01. The lowest BCUT2D eigenvalue weighted by Gasteiger charge is -2.32. The molecule has 27 heavy (non-hydrogen) atoms. The SMILES string of the molecule is Cc1oc2nc(CN3CCC(OCC4CCCCO4)CC3)nc(N)c2c1C. The molecule has 2 aliphatic heterocycles. The Bertz CT molecular complexity index is 777. The van der Waals surface area contributed by atoms with Gasteiger partial charge < -0.3 is 19.6 Å². The van der Waals surface area contributed by atoms with Crippen molar-refractivity contribution in [3.8, 4) is 0 Å². The molecule has 0 radical (unpaired) electrons. The first kappa shape index (κ1) is 18.7. The predicted molar refractivity (Wildman–Crippen MR) is 104 cm³/mol. The van der Waals surface area contributed by atoms with Crippen LogP contribution < -0.4 is 5.73 Å². The molecular formula is C20H30N4O3. The second-order valence-corrected chi connectivity index (χ2v) is 7.79. The van der Waals surface area contributed by atoms with E-state index in [-0.39, 0.29) is 0 Å². The van der Waals surface area contributed by atoms with E-state index >= 15 is 0 Å². The van der Waals surface area contributed by atoms with E-state index < -0.39 is 0 Å². The first-order chi connectivity index (χ1) is 13.1. The lowest BCUT2D eigenvalue weighted by Crippen LogP contribution is -2.38. The van der Waals surface area contributed by atoms with Crippen LogP contribution in [0.15, 0.2) is 4.42 Å². The molecule has 0 aromatic carbocycles. The van der Waals surface area contributed by atoms with E-state index in [1.165, 1.54) is 12.8 Å². The number of ether oxygens (including phenoxy) is 2. The van der Waals surface area contributed by atoms with Crippen molar-refractivity contribution in [3.63, 3.8) is 0 Å². The van der Waals surface area contributed by atoms with Gasteiger partial charge in [0.15, 0.2) is 0 Å². The normalized spacial score (nSPS) is 22.5. The molecule has 148 valence electrons. The summed E-state index contributed by atoms with van der Waals surface area (Å²) in [5, 5.41) is 0.841. The third-order valence-electron chi connectivity index (χ3n) is 5.79. The second kappa shape index (κ2) is 8.12. The number of fused-ring (bicyclic) bond motifs is 1. The van der Waals surface area contributed by atoms with Gasteiger partial charge in [-0.15, -0.1) is 0 Å². The van der Waals surface area contributed by atoms with Crippen molar-refractivity contribution in [1.29, 1.82) is 0 Å². The molecule has 2 aromatic rings. The highest BCUT2D eigenvalue weighted by atomic mass is 16.5. The third kappa shape index (κ3) is 4.25. The van der Waals surface area contributed by atoms with Crippen LogP contribution in [0.5, 0.6) is 0 Å². The minimum absolute atomic E-state index is 0.292. The summed E-state index contributed by atoms with van der Waals surface area (Å²) in [4.78, 5) is 11.4. The van der Waals surface area contributed by atoms with E-state index in [1.54, 1.807) is 0 Å². The number of aromatic nitrogens is 2. The number of hydrogen-bond donors (Lipinski definition) is 1. The van der Waals surface area contributed by atoms with Gasteiger partial charge in [0.1, 0.15) is 17.4 Å². The topological polar surface area (TPSA) is 86.6 Å². The highest BCUT2D eigenvalue weighted by Crippen LogP contribution is 2.27. The molecule has 2 saturated heterocycles. The summed E-state index contributed by atoms with van der Waals surface area (Å²) in [6, 6.07) is 0. The zero-order chi connectivity index (χ0) is 18.8. The van der Waals surface area contributed by atoms with Gasteiger partial charge in [-0.25, -0.2) is 4.98 Å². The fourth-order valence-electron chi connectivity index (χ4n) is 4.01. The minimum Gasteiger partial charge on any atom is -0.443 e. The number of hydrogen-bond acceptors (Lipinski definition) is 7. The average molecular weight is 374 g/mol. The van der Waals surface area contributed by atoms with Crippen LogP contribution in [-0.2, 0) is 16.0 Å². The fraction of sp³-hybridized carbons (Fsp3) is 0.700. The van der Waals surface area contributed by atoms with Crippen LogP contribution in [0.4, 0.5) is 5.82 Å². The number of anilines is 1. The van der Waals surface area contributed by atoms with E-state index in [0.29, 0.717) is 30.3 Å². The summed E-state index contributed by atoms with van der Waals surface area (Å²) in [6.07, 6.45) is 6.26. The van der Waals surface area contributed by atoms with Crippen molar-refractivity contribution in [2.75, 3.05) is 32.0 Å². The monoisotopic (exact) mass is 374 g/mol. The third-order valence-corrected chi connectivity index (χ3v) is 5.79. The summed E-state index contributed by atoms with van der Waals surface area (Å²) < 4.78 is 17.6. The molecule has 2 fully saturated rings. The van der Waals surface area contributed by atoms with E-state index in [4.69, 9.17) is 19.6 Å². The van der Waals surface area contributed by atoms with Gasteiger partial charge in [0.05, 0.1) is 30.7 Å². The minimum atomic E-state index is 0.292. The Morgan fingerprint density at radius 2 is 1.96 bits per heavy atom. The first-order valence-corrected chi connectivity index (χ1v) is 10.1. The maximum atomic E-state index is 6.15. The van der Waals surface area contributed by atoms with Crippen molar-refractivity contribution in [3.05, 3.63) is 17.1 Å². The molecule has 7 heteroatoms. The lowest BCUT2D eigenvalue weighted by molar-refractivity contribution is -0.0754. The van der Waals surface area contributed by atoms with E-state index in [2.05, 4.69) is 14.9 Å². The molecule has 0 bridgehead atoms. The largest absolute Gasteiger partial charge is 0.443 e. The van der Waals surface area contributed by atoms with Gasteiger partial charge in [-0.3, -0.25) is 4.90 Å². The highest BCUT2D eigenvalue weighted by molar-refractivity contribution is 5.88. The summed E-state index contributed by atoms with van der Waals surface area (Å²) >= 11 is 0. The molecule has 1 unspecified atom stereocenters. The molecular weight excluding hydrogens is 344 g/mol. The van der Waals surface area contributed by atoms with Gasteiger partial charge in [-0.05, 0) is 46.0 Å². The predicted octanol–water partition coefficient (Wildman–Crippen LogP) is 2.97. The lowest BCUT2D eigenvalue weighted by atomic mass is 10.1. The number of likely N-dealkylation sites (tertiary alicyclic amines) is 1. The van der Waals surface area contributed by atoms with Crippen LogP contribution in [0.2, 0.25) is 0 Å². The van der Waals surface area contributed by atoms with Crippen molar-refractivity contribution in [1.82, 2.24) is 14.9 Å². The number of rotatable bonds is 5. The van der Waals surface area contributed by atoms with E-state index in [1.807, 2.05) is 13.8 Å². The molecule has 4 heterocycles. The Labute approximate surface area is 160 Å². The van der Waals surface area contributed by atoms with Crippen LogP contribution in [0.1, 0.15) is 49.3 Å². The standard InChI is InChI=1S/C20H30N4O3/c1-13-14(2)27-20-18(13)19(21)22-17(23-20)11-24-8-6-15(7-9-24)26-12-16-5-3-4-10-25-16/h15-16H,3-12H2,1-2H3,(H2,21,22,23).